The van der Waals surface area contributed by atoms with E-state index in [0.29, 0.717) is 5.76 Å². The zero-order valence-corrected chi connectivity index (χ0v) is 8.99. The van der Waals surface area contributed by atoms with E-state index in [9.17, 15) is 8.78 Å². The highest BCUT2D eigenvalue weighted by atomic mass is 19.1. The molecule has 0 bridgehead atoms. The van der Waals surface area contributed by atoms with E-state index in [4.69, 9.17) is 10.2 Å². The van der Waals surface area contributed by atoms with Crippen LogP contribution in [0.3, 0.4) is 0 Å². The minimum absolute atomic E-state index is 0.111. The third-order valence-corrected chi connectivity index (χ3v) is 3.04. The molecule has 17 heavy (non-hydrogen) atoms. The highest BCUT2D eigenvalue weighted by molar-refractivity contribution is 5.59. The van der Waals surface area contributed by atoms with Crippen LogP contribution in [0.15, 0.2) is 34.7 Å². The van der Waals surface area contributed by atoms with E-state index >= 15 is 0 Å². The summed E-state index contributed by atoms with van der Waals surface area (Å²) in [5.74, 6) is -0.125. The van der Waals surface area contributed by atoms with Crippen LogP contribution in [-0.2, 0) is 0 Å². The molecule has 1 aromatic heterocycles. The van der Waals surface area contributed by atoms with Crippen molar-refractivity contribution in [2.24, 2.45) is 5.73 Å². The van der Waals surface area contributed by atoms with Crippen molar-refractivity contribution in [3.63, 3.8) is 0 Å². The van der Waals surface area contributed by atoms with Gasteiger partial charge in [-0.2, -0.15) is 0 Å². The smallest absolute Gasteiger partial charge is 0.140 e. The summed E-state index contributed by atoms with van der Waals surface area (Å²) in [7, 11) is 0. The topological polar surface area (TPSA) is 39.2 Å². The number of hydrogen-bond acceptors (Lipinski definition) is 2. The van der Waals surface area contributed by atoms with Gasteiger partial charge >= 0.3 is 0 Å². The van der Waals surface area contributed by atoms with Gasteiger partial charge in [0.25, 0.3) is 0 Å². The Hall–Kier alpha value is -1.68. The van der Waals surface area contributed by atoms with Crippen molar-refractivity contribution in [2.45, 2.75) is 18.4 Å². The highest BCUT2D eigenvalue weighted by Crippen LogP contribution is 2.41. The monoisotopic (exact) mass is 235 g/mol. The maximum Gasteiger partial charge on any atom is 0.140 e. The normalized spacial score (nSPS) is 22.8. The Labute approximate surface area is 97.0 Å². The molecule has 1 saturated carbocycles. The molecule has 1 fully saturated rings. The van der Waals surface area contributed by atoms with Crippen LogP contribution in [0.1, 0.15) is 18.1 Å². The molecule has 2 aromatic rings. The average Bonchev–Trinajstić information content (AvgIpc) is 2.83. The van der Waals surface area contributed by atoms with Crippen molar-refractivity contribution in [1.82, 2.24) is 0 Å². The van der Waals surface area contributed by atoms with Crippen LogP contribution in [0.4, 0.5) is 8.78 Å². The van der Waals surface area contributed by atoms with E-state index in [-0.39, 0.29) is 23.3 Å². The Morgan fingerprint density at radius 1 is 1.12 bits per heavy atom. The molecule has 1 heterocycles. The molecule has 4 heteroatoms. The molecule has 88 valence electrons. The number of rotatable bonds is 2. The molecule has 2 N–H and O–H groups in total. The van der Waals surface area contributed by atoms with Gasteiger partial charge in [-0.05, 0) is 30.7 Å². The Morgan fingerprint density at radius 3 is 2.35 bits per heavy atom. The zero-order chi connectivity index (χ0) is 12.0. The van der Waals surface area contributed by atoms with Crippen molar-refractivity contribution in [3.05, 3.63) is 47.7 Å². The predicted octanol–water partition coefficient (Wildman–Crippen LogP) is 3.04. The van der Waals surface area contributed by atoms with Crippen molar-refractivity contribution in [2.75, 3.05) is 0 Å². The van der Waals surface area contributed by atoms with Gasteiger partial charge < -0.3 is 10.2 Å². The van der Waals surface area contributed by atoms with E-state index in [2.05, 4.69) is 0 Å². The first-order valence-electron chi connectivity index (χ1n) is 5.46. The minimum Gasteiger partial charge on any atom is -0.461 e. The van der Waals surface area contributed by atoms with Gasteiger partial charge in [-0.1, -0.05) is 6.07 Å². The fourth-order valence-electron chi connectivity index (χ4n) is 1.96. The van der Waals surface area contributed by atoms with Gasteiger partial charge in [-0.3, -0.25) is 0 Å². The van der Waals surface area contributed by atoms with Gasteiger partial charge in [0.05, 0.1) is 5.56 Å². The van der Waals surface area contributed by atoms with E-state index in [1.54, 1.807) is 12.1 Å². The standard InChI is InChI=1S/C13H11F2NO/c14-8-2-1-3-9(15)13(8)12-5-4-11(17-12)7-6-10(7)16/h1-5,7,10H,6,16H2/t7-,10+/m0/s1. The first-order valence-corrected chi connectivity index (χ1v) is 5.46. The lowest BCUT2D eigenvalue weighted by atomic mass is 10.1. The zero-order valence-electron chi connectivity index (χ0n) is 8.99. The van der Waals surface area contributed by atoms with Gasteiger partial charge in [0.2, 0.25) is 0 Å². The second-order valence-electron chi connectivity index (χ2n) is 4.30. The first-order chi connectivity index (χ1) is 8.16. The molecule has 1 aliphatic carbocycles. The second kappa shape index (κ2) is 3.67. The molecule has 2 nitrogen and oxygen atoms in total. The molecule has 0 amide bonds. The number of halogens is 2. The van der Waals surface area contributed by atoms with E-state index < -0.39 is 11.6 Å². The van der Waals surface area contributed by atoms with Gasteiger partial charge in [-0.15, -0.1) is 0 Å². The second-order valence-corrected chi connectivity index (χ2v) is 4.30. The SMILES string of the molecule is N[C@@H]1C[C@@H]1c1ccc(-c2c(F)cccc2F)o1. The van der Waals surface area contributed by atoms with Crippen molar-refractivity contribution in [1.29, 1.82) is 0 Å². The van der Waals surface area contributed by atoms with Crippen molar-refractivity contribution in [3.8, 4) is 11.3 Å². The number of hydrogen-bond donors (Lipinski definition) is 1. The lowest BCUT2D eigenvalue weighted by molar-refractivity contribution is 0.508. The maximum absolute atomic E-state index is 13.5. The van der Waals surface area contributed by atoms with E-state index in [1.165, 1.54) is 18.2 Å². The fourth-order valence-corrected chi connectivity index (χ4v) is 1.96. The average molecular weight is 235 g/mol. The van der Waals surface area contributed by atoms with Crippen molar-refractivity contribution >= 4 is 0 Å². The van der Waals surface area contributed by atoms with Gasteiger partial charge in [0.1, 0.15) is 23.2 Å². The lowest BCUT2D eigenvalue weighted by Crippen LogP contribution is -2.00. The Kier molecular flexibility index (Phi) is 2.26. The quantitative estimate of drug-likeness (QED) is 0.868. The van der Waals surface area contributed by atoms with Gasteiger partial charge in [0.15, 0.2) is 0 Å². The molecule has 0 spiro atoms. The summed E-state index contributed by atoms with van der Waals surface area (Å²) in [5, 5.41) is 0. The van der Waals surface area contributed by atoms with Crippen molar-refractivity contribution < 1.29 is 13.2 Å². The van der Waals surface area contributed by atoms with E-state index in [0.717, 1.165) is 6.42 Å². The summed E-state index contributed by atoms with van der Waals surface area (Å²) in [6, 6.07) is 7.18. The summed E-state index contributed by atoms with van der Waals surface area (Å²) in [6.45, 7) is 0. The Morgan fingerprint density at radius 2 is 1.76 bits per heavy atom. The molecule has 0 saturated heterocycles. The lowest BCUT2D eigenvalue weighted by Gasteiger charge is -2.01. The first kappa shape index (κ1) is 10.5. The minimum atomic E-state index is -0.619. The van der Waals surface area contributed by atoms with Crippen LogP contribution < -0.4 is 5.73 Å². The molecular weight excluding hydrogens is 224 g/mol. The fraction of sp³-hybridized carbons (Fsp3) is 0.231. The van der Waals surface area contributed by atoms with Crippen LogP contribution >= 0.6 is 0 Å². The Bertz CT molecular complexity index is 544. The molecular formula is C13H11F2NO. The molecule has 0 unspecified atom stereocenters. The van der Waals surface area contributed by atoms with Gasteiger partial charge in [-0.25, -0.2) is 8.78 Å². The largest absolute Gasteiger partial charge is 0.461 e. The molecule has 3 rings (SSSR count). The summed E-state index contributed by atoms with van der Waals surface area (Å²) >= 11 is 0. The van der Waals surface area contributed by atoms with Crippen LogP contribution in [0, 0.1) is 11.6 Å². The van der Waals surface area contributed by atoms with Gasteiger partial charge in [0, 0.05) is 12.0 Å². The number of furan rings is 1. The molecule has 0 radical (unpaired) electrons. The predicted molar refractivity (Wildman–Crippen MR) is 59.4 cm³/mol. The third-order valence-electron chi connectivity index (χ3n) is 3.04. The molecule has 2 atom stereocenters. The number of nitrogens with two attached hydrogens (primary N) is 1. The summed E-state index contributed by atoms with van der Waals surface area (Å²) in [5.41, 5.74) is 5.58. The number of benzene rings is 1. The van der Waals surface area contributed by atoms with Crippen LogP contribution in [0.25, 0.3) is 11.3 Å². The summed E-state index contributed by atoms with van der Waals surface area (Å²) in [4.78, 5) is 0. The molecule has 1 aliphatic rings. The van der Waals surface area contributed by atoms with Crippen LogP contribution in [-0.4, -0.2) is 6.04 Å². The maximum atomic E-state index is 13.5. The van der Waals surface area contributed by atoms with Crippen LogP contribution in [0.2, 0.25) is 0 Å². The van der Waals surface area contributed by atoms with E-state index in [1.807, 2.05) is 0 Å². The molecule has 1 aromatic carbocycles. The third kappa shape index (κ3) is 1.74. The Balaban J connectivity index is 2.01. The van der Waals surface area contributed by atoms with Crippen LogP contribution in [0.5, 0.6) is 0 Å². The molecule has 0 aliphatic heterocycles. The summed E-state index contributed by atoms with van der Waals surface area (Å²) < 4.78 is 32.5. The summed E-state index contributed by atoms with van der Waals surface area (Å²) in [6.07, 6.45) is 0.868. The highest BCUT2D eigenvalue weighted by Gasteiger charge is 2.37.